The van der Waals surface area contributed by atoms with Crippen molar-refractivity contribution in [3.63, 3.8) is 0 Å². The average molecular weight is 364 g/mol. The van der Waals surface area contributed by atoms with Crippen LogP contribution in [0, 0.1) is 0 Å². The quantitative estimate of drug-likeness (QED) is 0.828. The molecule has 1 heterocycles. The van der Waals surface area contributed by atoms with E-state index in [1.54, 1.807) is 0 Å². The number of nitrogens with one attached hydrogen (secondary N) is 1. The predicted molar refractivity (Wildman–Crippen MR) is 75.3 cm³/mol. The molecule has 0 unspecified atom stereocenters. The van der Waals surface area contributed by atoms with Crippen LogP contribution in [0.5, 0.6) is 0 Å². The Morgan fingerprint density at radius 3 is 2.85 bits per heavy atom. The molecule has 2 N–H and O–H groups in total. The first kappa shape index (κ1) is 15.4. The first-order valence-corrected chi connectivity index (χ1v) is 8.32. The zero-order valence-corrected chi connectivity index (χ0v) is 12.9. The summed E-state index contributed by atoms with van der Waals surface area (Å²) in [5.74, 6) is -1.19. The van der Waals surface area contributed by atoms with Crippen molar-refractivity contribution in [3.8, 4) is 0 Å². The topological polar surface area (TPSA) is 92.7 Å². The Kier molecular flexibility index (Phi) is 4.79. The number of halogens is 1. The van der Waals surface area contributed by atoms with E-state index in [0.717, 1.165) is 18.9 Å². The predicted octanol–water partition coefficient (Wildman–Crippen LogP) is 1.60. The molecule has 20 heavy (non-hydrogen) atoms. The number of carboxylic acids is 1. The summed E-state index contributed by atoms with van der Waals surface area (Å²) in [4.78, 5) is 10.9. The van der Waals surface area contributed by atoms with Crippen LogP contribution in [0.3, 0.4) is 0 Å². The molecular formula is C12H14BrNO5S. The lowest BCUT2D eigenvalue weighted by molar-refractivity contribution is 0.0695. The van der Waals surface area contributed by atoms with Crippen molar-refractivity contribution in [1.82, 2.24) is 4.72 Å². The van der Waals surface area contributed by atoms with Crippen LogP contribution in [0.15, 0.2) is 27.6 Å². The number of rotatable bonds is 5. The summed E-state index contributed by atoms with van der Waals surface area (Å²) in [5, 5.41) is 8.99. The fourth-order valence-electron chi connectivity index (χ4n) is 1.93. The van der Waals surface area contributed by atoms with Crippen LogP contribution in [0.2, 0.25) is 0 Å². The van der Waals surface area contributed by atoms with Crippen LogP contribution in [-0.4, -0.2) is 38.7 Å². The fourth-order valence-corrected chi connectivity index (χ4v) is 3.44. The highest BCUT2D eigenvalue weighted by molar-refractivity contribution is 9.10. The summed E-state index contributed by atoms with van der Waals surface area (Å²) >= 11 is 3.07. The summed E-state index contributed by atoms with van der Waals surface area (Å²) in [7, 11) is -3.73. The average Bonchev–Trinajstić information content (AvgIpc) is 2.89. The van der Waals surface area contributed by atoms with E-state index in [1.165, 1.54) is 12.1 Å². The van der Waals surface area contributed by atoms with Crippen molar-refractivity contribution in [1.29, 1.82) is 0 Å². The number of carbonyl (C=O) groups is 1. The minimum absolute atomic E-state index is 0.0731. The zero-order chi connectivity index (χ0) is 14.8. The lowest BCUT2D eigenvalue weighted by Crippen LogP contribution is -2.31. The molecule has 0 aromatic heterocycles. The molecule has 0 amide bonds. The molecule has 0 bridgehead atoms. The maximum atomic E-state index is 12.1. The minimum Gasteiger partial charge on any atom is -0.478 e. The van der Waals surface area contributed by atoms with Crippen molar-refractivity contribution in [2.75, 3.05) is 13.2 Å². The van der Waals surface area contributed by atoms with Gasteiger partial charge in [-0.15, -0.1) is 0 Å². The SMILES string of the molecule is O=C(O)c1cc(S(=O)(=O)NC[C@H]2CCCO2)ccc1Br. The van der Waals surface area contributed by atoms with Gasteiger partial charge in [0, 0.05) is 17.6 Å². The molecule has 1 aliphatic rings. The van der Waals surface area contributed by atoms with Gasteiger partial charge in [-0.25, -0.2) is 17.9 Å². The van der Waals surface area contributed by atoms with Crippen LogP contribution >= 0.6 is 15.9 Å². The number of carboxylic acid groups (broad SMARTS) is 1. The Balaban J connectivity index is 2.16. The Bertz CT molecular complexity index is 610. The van der Waals surface area contributed by atoms with Crippen LogP contribution in [0.25, 0.3) is 0 Å². The second kappa shape index (κ2) is 6.21. The van der Waals surface area contributed by atoms with Crippen molar-refractivity contribution >= 4 is 31.9 Å². The number of aromatic carboxylic acids is 1. The first-order valence-electron chi connectivity index (χ1n) is 6.04. The monoisotopic (exact) mass is 363 g/mol. The van der Waals surface area contributed by atoms with E-state index in [1.807, 2.05) is 0 Å². The van der Waals surface area contributed by atoms with Gasteiger partial charge in [0.15, 0.2) is 0 Å². The number of ether oxygens (including phenoxy) is 1. The second-order valence-electron chi connectivity index (χ2n) is 4.43. The summed E-state index contributed by atoms with van der Waals surface area (Å²) in [6, 6.07) is 3.89. The van der Waals surface area contributed by atoms with Crippen molar-refractivity contribution in [2.45, 2.75) is 23.8 Å². The Labute approximate surface area is 125 Å². The van der Waals surface area contributed by atoms with E-state index in [2.05, 4.69) is 20.7 Å². The van der Waals surface area contributed by atoms with Crippen LogP contribution < -0.4 is 4.72 Å². The number of hydrogen-bond acceptors (Lipinski definition) is 4. The largest absolute Gasteiger partial charge is 0.478 e. The number of hydrogen-bond donors (Lipinski definition) is 2. The number of sulfonamides is 1. The Hall–Kier alpha value is -0.960. The molecule has 0 saturated carbocycles. The third kappa shape index (κ3) is 3.57. The van der Waals surface area contributed by atoms with Gasteiger partial charge in [-0.05, 0) is 47.0 Å². The van der Waals surface area contributed by atoms with Crippen LogP contribution in [0.4, 0.5) is 0 Å². The summed E-state index contributed by atoms with van der Waals surface area (Å²) in [6.07, 6.45) is 1.64. The molecule has 8 heteroatoms. The third-order valence-electron chi connectivity index (χ3n) is 3.00. The van der Waals surface area contributed by atoms with E-state index in [4.69, 9.17) is 9.84 Å². The zero-order valence-electron chi connectivity index (χ0n) is 10.5. The maximum absolute atomic E-state index is 12.1. The van der Waals surface area contributed by atoms with Crippen molar-refractivity contribution in [3.05, 3.63) is 28.2 Å². The van der Waals surface area contributed by atoms with Gasteiger partial charge < -0.3 is 9.84 Å². The molecule has 1 aliphatic heterocycles. The van der Waals surface area contributed by atoms with Gasteiger partial charge in [0.1, 0.15) is 0 Å². The van der Waals surface area contributed by atoms with Crippen LogP contribution in [-0.2, 0) is 14.8 Å². The molecule has 110 valence electrons. The summed E-state index contributed by atoms with van der Waals surface area (Å²) in [6.45, 7) is 0.842. The molecule has 1 aromatic carbocycles. The molecule has 1 fully saturated rings. The highest BCUT2D eigenvalue weighted by Crippen LogP contribution is 2.21. The second-order valence-corrected chi connectivity index (χ2v) is 7.06. The Morgan fingerprint density at radius 1 is 1.50 bits per heavy atom. The first-order chi connectivity index (χ1) is 9.40. The van der Waals surface area contributed by atoms with Gasteiger partial charge in [-0.3, -0.25) is 0 Å². The minimum atomic E-state index is -3.73. The number of benzene rings is 1. The maximum Gasteiger partial charge on any atom is 0.336 e. The summed E-state index contributed by atoms with van der Waals surface area (Å²) in [5.41, 5.74) is -0.0926. The van der Waals surface area contributed by atoms with Gasteiger partial charge in [-0.2, -0.15) is 0 Å². The molecule has 0 radical (unpaired) electrons. The molecule has 0 aliphatic carbocycles. The van der Waals surface area contributed by atoms with Crippen molar-refractivity contribution < 1.29 is 23.1 Å². The van der Waals surface area contributed by atoms with Gasteiger partial charge in [0.25, 0.3) is 0 Å². The van der Waals surface area contributed by atoms with E-state index in [-0.39, 0.29) is 23.1 Å². The van der Waals surface area contributed by atoms with E-state index in [0.29, 0.717) is 11.1 Å². The van der Waals surface area contributed by atoms with Crippen molar-refractivity contribution in [2.24, 2.45) is 0 Å². The van der Waals surface area contributed by atoms with E-state index in [9.17, 15) is 13.2 Å². The van der Waals surface area contributed by atoms with E-state index >= 15 is 0 Å². The molecule has 1 saturated heterocycles. The molecule has 1 aromatic rings. The molecule has 1 atom stereocenters. The lowest BCUT2D eigenvalue weighted by Gasteiger charge is -2.12. The molecular weight excluding hydrogens is 350 g/mol. The van der Waals surface area contributed by atoms with Crippen LogP contribution in [0.1, 0.15) is 23.2 Å². The fraction of sp³-hybridized carbons (Fsp3) is 0.417. The van der Waals surface area contributed by atoms with Gasteiger partial charge in [0.05, 0.1) is 16.6 Å². The van der Waals surface area contributed by atoms with Gasteiger partial charge in [0.2, 0.25) is 10.0 Å². The molecule has 6 nitrogen and oxygen atoms in total. The Morgan fingerprint density at radius 2 is 2.25 bits per heavy atom. The normalized spacial score (nSPS) is 19.1. The standard InChI is InChI=1S/C12H14BrNO5S/c13-11-4-3-9(6-10(11)12(15)16)20(17,18)14-7-8-2-1-5-19-8/h3-4,6,8,14H,1-2,5,7H2,(H,15,16)/t8-/m1/s1. The van der Waals surface area contributed by atoms with E-state index < -0.39 is 16.0 Å². The summed E-state index contributed by atoms with van der Waals surface area (Å²) < 4.78 is 32.3. The third-order valence-corrected chi connectivity index (χ3v) is 5.12. The van der Waals surface area contributed by atoms with Gasteiger partial charge >= 0.3 is 5.97 Å². The lowest BCUT2D eigenvalue weighted by atomic mass is 10.2. The smallest absolute Gasteiger partial charge is 0.336 e. The van der Waals surface area contributed by atoms with Gasteiger partial charge in [-0.1, -0.05) is 0 Å². The molecule has 2 rings (SSSR count). The highest BCUT2D eigenvalue weighted by atomic mass is 79.9. The molecule has 0 spiro atoms. The highest BCUT2D eigenvalue weighted by Gasteiger charge is 2.21.